The predicted molar refractivity (Wildman–Crippen MR) is 98.0 cm³/mol. The van der Waals surface area contributed by atoms with Crippen LogP contribution in [0.3, 0.4) is 0 Å². The molecule has 1 N–H and O–H groups in total. The molecule has 0 spiro atoms. The number of fused-ring (bicyclic) bond motifs is 1. The number of carboxylic acid groups (broad SMARTS) is 1. The summed E-state index contributed by atoms with van der Waals surface area (Å²) in [6, 6.07) is 4.85. The van der Waals surface area contributed by atoms with Crippen LogP contribution in [0.2, 0.25) is 0 Å². The Labute approximate surface area is 157 Å². The lowest BCUT2D eigenvalue weighted by molar-refractivity contribution is -0.138. The Balaban J connectivity index is 2.01. The van der Waals surface area contributed by atoms with Gasteiger partial charge in [-0.1, -0.05) is 0 Å². The lowest BCUT2D eigenvalue weighted by Gasteiger charge is -2.30. The number of benzene rings is 1. The number of carbonyl (C=O) groups is 4. The van der Waals surface area contributed by atoms with Crippen LogP contribution in [0.25, 0.3) is 0 Å². The van der Waals surface area contributed by atoms with Crippen LogP contribution < -0.4 is 9.64 Å². The second kappa shape index (κ2) is 8.66. The van der Waals surface area contributed by atoms with E-state index in [0.717, 1.165) is 0 Å². The zero-order chi connectivity index (χ0) is 20.1. The summed E-state index contributed by atoms with van der Waals surface area (Å²) in [5, 5.41) is 8.73. The molecule has 2 rings (SSSR count). The van der Waals surface area contributed by atoms with Gasteiger partial charge in [0.1, 0.15) is 5.75 Å². The van der Waals surface area contributed by atoms with Crippen molar-refractivity contribution in [3.8, 4) is 5.75 Å². The maximum absolute atomic E-state index is 12.5. The fourth-order valence-electron chi connectivity index (χ4n) is 2.90. The number of aliphatic carboxylic acids is 1. The predicted octanol–water partition coefficient (Wildman–Crippen LogP) is 1.72. The van der Waals surface area contributed by atoms with E-state index in [9.17, 15) is 19.2 Å². The number of Topliss-reactive ketones (excluding diaryl/α,β-unsaturated/α-hetero) is 1. The van der Waals surface area contributed by atoms with Gasteiger partial charge in [0, 0.05) is 38.5 Å². The highest BCUT2D eigenvalue weighted by atomic mass is 16.5. The normalized spacial score (nSPS) is 15.7. The van der Waals surface area contributed by atoms with Gasteiger partial charge in [0.15, 0.2) is 11.9 Å². The van der Waals surface area contributed by atoms with Gasteiger partial charge < -0.3 is 19.6 Å². The smallest absolute Gasteiger partial charge is 0.305 e. The lowest BCUT2D eigenvalue weighted by atomic mass is 10.0. The summed E-state index contributed by atoms with van der Waals surface area (Å²) in [6.45, 7) is 3.94. The third-order valence-corrected chi connectivity index (χ3v) is 4.52. The van der Waals surface area contributed by atoms with Crippen LogP contribution in [0.1, 0.15) is 43.5 Å². The Morgan fingerprint density at radius 3 is 2.56 bits per heavy atom. The summed E-state index contributed by atoms with van der Waals surface area (Å²) in [6.07, 6.45) is -0.689. The van der Waals surface area contributed by atoms with Crippen molar-refractivity contribution < 1.29 is 29.0 Å². The van der Waals surface area contributed by atoms with Gasteiger partial charge in [0.05, 0.1) is 12.1 Å². The first-order valence-electron chi connectivity index (χ1n) is 8.85. The van der Waals surface area contributed by atoms with E-state index in [4.69, 9.17) is 9.84 Å². The topological polar surface area (TPSA) is 104 Å². The molecule has 1 heterocycles. The number of anilines is 1. The van der Waals surface area contributed by atoms with Crippen molar-refractivity contribution in [1.82, 2.24) is 4.90 Å². The molecule has 0 aliphatic carbocycles. The lowest BCUT2D eigenvalue weighted by Crippen LogP contribution is -2.42. The van der Waals surface area contributed by atoms with E-state index in [0.29, 0.717) is 23.5 Å². The van der Waals surface area contributed by atoms with Crippen LogP contribution in [0.5, 0.6) is 5.75 Å². The zero-order valence-corrected chi connectivity index (χ0v) is 15.7. The van der Waals surface area contributed by atoms with Crippen LogP contribution in [0.15, 0.2) is 18.2 Å². The third kappa shape index (κ3) is 4.84. The quantitative estimate of drug-likeness (QED) is 0.693. The molecule has 0 aromatic heterocycles. The Morgan fingerprint density at radius 2 is 1.93 bits per heavy atom. The Hall–Kier alpha value is -2.90. The van der Waals surface area contributed by atoms with Crippen LogP contribution in [-0.4, -0.2) is 59.8 Å². The number of ether oxygens (including phenoxy) is 1. The van der Waals surface area contributed by atoms with Gasteiger partial charge in [-0.05, 0) is 32.0 Å². The first kappa shape index (κ1) is 20.4. The number of carbonyl (C=O) groups excluding carboxylic acids is 3. The van der Waals surface area contributed by atoms with E-state index in [-0.39, 0.29) is 43.4 Å². The van der Waals surface area contributed by atoms with Crippen molar-refractivity contribution in [1.29, 1.82) is 0 Å². The van der Waals surface area contributed by atoms with E-state index < -0.39 is 12.1 Å². The molecule has 0 radical (unpaired) electrons. The standard InChI is InChI=1S/C19H24N2O6/c1-4-21(10-9-18(24)25)17(23)8-6-15(22)13-5-7-16-14(11-13)20(3)19(26)12(2)27-16/h5,7,11-12H,4,6,8-10H2,1-3H3,(H,24,25). The van der Waals surface area contributed by atoms with Crippen LogP contribution >= 0.6 is 0 Å². The fourth-order valence-corrected chi connectivity index (χ4v) is 2.90. The number of nitrogens with zero attached hydrogens (tertiary/aromatic N) is 2. The molecule has 8 heteroatoms. The van der Waals surface area contributed by atoms with Crippen LogP contribution in [0, 0.1) is 0 Å². The largest absolute Gasteiger partial charge is 0.481 e. The number of likely N-dealkylation sites (N-methyl/N-ethyl adjacent to an activating group) is 1. The molecule has 1 atom stereocenters. The fraction of sp³-hybridized carbons (Fsp3) is 0.474. The van der Waals surface area contributed by atoms with Gasteiger partial charge in [-0.3, -0.25) is 19.2 Å². The average Bonchev–Trinajstić information content (AvgIpc) is 2.64. The van der Waals surface area contributed by atoms with Crippen molar-refractivity contribution >= 4 is 29.3 Å². The highest BCUT2D eigenvalue weighted by Crippen LogP contribution is 2.34. The van der Waals surface area contributed by atoms with E-state index in [1.807, 2.05) is 0 Å². The van der Waals surface area contributed by atoms with E-state index in [1.54, 1.807) is 39.1 Å². The molecule has 146 valence electrons. The average molecular weight is 376 g/mol. The number of amides is 2. The van der Waals surface area contributed by atoms with Gasteiger partial charge >= 0.3 is 5.97 Å². The van der Waals surface area contributed by atoms with Crippen molar-refractivity contribution in [2.75, 3.05) is 25.0 Å². The van der Waals surface area contributed by atoms with Crippen LogP contribution in [0.4, 0.5) is 5.69 Å². The maximum atomic E-state index is 12.5. The Kier molecular flexibility index (Phi) is 6.55. The summed E-state index contributed by atoms with van der Waals surface area (Å²) < 4.78 is 5.53. The van der Waals surface area contributed by atoms with Gasteiger partial charge in [0.2, 0.25) is 5.91 Å². The van der Waals surface area contributed by atoms with Gasteiger partial charge in [-0.15, -0.1) is 0 Å². The van der Waals surface area contributed by atoms with Gasteiger partial charge in [-0.25, -0.2) is 0 Å². The second-order valence-electron chi connectivity index (χ2n) is 6.38. The molecule has 1 aliphatic rings. The SMILES string of the molecule is CCN(CCC(=O)O)C(=O)CCC(=O)c1ccc2c(c1)N(C)C(=O)C(C)O2. The first-order valence-corrected chi connectivity index (χ1v) is 8.85. The van der Waals surface area contributed by atoms with Gasteiger partial charge in [-0.2, -0.15) is 0 Å². The molecule has 0 bridgehead atoms. The first-order chi connectivity index (χ1) is 12.7. The molecule has 0 fully saturated rings. The highest BCUT2D eigenvalue weighted by molar-refractivity contribution is 6.03. The summed E-state index contributed by atoms with van der Waals surface area (Å²) in [7, 11) is 1.62. The summed E-state index contributed by atoms with van der Waals surface area (Å²) in [4.78, 5) is 50.2. The minimum atomic E-state index is -0.971. The number of hydrogen-bond donors (Lipinski definition) is 1. The van der Waals surface area contributed by atoms with Gasteiger partial charge in [0.25, 0.3) is 5.91 Å². The van der Waals surface area contributed by atoms with E-state index in [1.165, 1.54) is 9.80 Å². The Morgan fingerprint density at radius 1 is 1.22 bits per heavy atom. The molecule has 1 aromatic rings. The Bertz CT molecular complexity index is 761. The molecule has 1 aromatic carbocycles. The summed E-state index contributed by atoms with van der Waals surface area (Å²) >= 11 is 0. The third-order valence-electron chi connectivity index (χ3n) is 4.52. The number of ketones is 1. The second-order valence-corrected chi connectivity index (χ2v) is 6.38. The van der Waals surface area contributed by atoms with E-state index in [2.05, 4.69) is 0 Å². The molecule has 1 unspecified atom stereocenters. The molecule has 1 aliphatic heterocycles. The minimum Gasteiger partial charge on any atom is -0.481 e. The molecular weight excluding hydrogens is 352 g/mol. The molecule has 2 amide bonds. The molecular formula is C19H24N2O6. The number of hydrogen-bond acceptors (Lipinski definition) is 5. The van der Waals surface area contributed by atoms with Crippen LogP contribution in [-0.2, 0) is 14.4 Å². The number of rotatable bonds is 8. The molecule has 0 saturated heterocycles. The molecule has 8 nitrogen and oxygen atoms in total. The summed E-state index contributed by atoms with van der Waals surface area (Å²) in [5.41, 5.74) is 0.917. The molecule has 27 heavy (non-hydrogen) atoms. The van der Waals surface area contributed by atoms with Crippen molar-refractivity contribution in [2.45, 2.75) is 39.2 Å². The van der Waals surface area contributed by atoms with E-state index >= 15 is 0 Å². The monoisotopic (exact) mass is 376 g/mol. The van der Waals surface area contributed by atoms with Crippen molar-refractivity contribution in [2.24, 2.45) is 0 Å². The van der Waals surface area contributed by atoms with Crippen molar-refractivity contribution in [3.63, 3.8) is 0 Å². The van der Waals surface area contributed by atoms with Crippen molar-refractivity contribution in [3.05, 3.63) is 23.8 Å². The summed E-state index contributed by atoms with van der Waals surface area (Å²) in [5.74, 6) is -1.11. The minimum absolute atomic E-state index is 0.00564. The molecule has 0 saturated carbocycles. The highest BCUT2D eigenvalue weighted by Gasteiger charge is 2.29. The zero-order valence-electron chi connectivity index (χ0n) is 15.7. The number of carboxylic acids is 1. The maximum Gasteiger partial charge on any atom is 0.305 e.